The summed E-state index contributed by atoms with van der Waals surface area (Å²) in [5.74, 6) is -0.857. The first kappa shape index (κ1) is 23.1. The molecule has 0 unspecified atom stereocenters. The molecule has 5 nitrogen and oxygen atoms in total. The van der Waals surface area contributed by atoms with Crippen LogP contribution in [0.25, 0.3) is 0 Å². The number of aliphatic hydroxyl groups excluding tert-OH is 3. The van der Waals surface area contributed by atoms with Crippen LogP contribution in [0.5, 0.6) is 0 Å². The SMILES string of the molecule is CC[C@@H](O)/C=C/C=C\C[C@@H](O)\C=C/C=C/C=C/[C@@H](O)CCCC(=O)O. The lowest BCUT2D eigenvalue weighted by molar-refractivity contribution is -0.137. The Labute approximate surface area is 150 Å². The normalized spacial score (nSPS) is 16.6. The third-order valence-electron chi connectivity index (χ3n) is 3.27. The molecule has 0 fully saturated rings. The second kappa shape index (κ2) is 15.6. The van der Waals surface area contributed by atoms with Crippen LogP contribution in [-0.4, -0.2) is 44.7 Å². The highest BCUT2D eigenvalue weighted by Crippen LogP contribution is 2.02. The fraction of sp³-hybridized carbons (Fsp3) is 0.450. The van der Waals surface area contributed by atoms with Crippen LogP contribution in [0, 0.1) is 0 Å². The highest BCUT2D eigenvalue weighted by Gasteiger charge is 2.01. The molecule has 4 N–H and O–H groups in total. The maximum atomic E-state index is 10.3. The van der Waals surface area contributed by atoms with E-state index >= 15 is 0 Å². The average Bonchev–Trinajstić information content (AvgIpc) is 2.57. The van der Waals surface area contributed by atoms with Gasteiger partial charge < -0.3 is 20.4 Å². The van der Waals surface area contributed by atoms with Crippen molar-refractivity contribution in [1.82, 2.24) is 0 Å². The minimum Gasteiger partial charge on any atom is -0.481 e. The van der Waals surface area contributed by atoms with E-state index < -0.39 is 24.3 Å². The van der Waals surface area contributed by atoms with Crippen LogP contribution < -0.4 is 0 Å². The van der Waals surface area contributed by atoms with Crippen molar-refractivity contribution in [2.24, 2.45) is 0 Å². The van der Waals surface area contributed by atoms with Gasteiger partial charge in [-0.05, 0) is 25.7 Å². The smallest absolute Gasteiger partial charge is 0.303 e. The van der Waals surface area contributed by atoms with Crippen molar-refractivity contribution in [3.8, 4) is 0 Å². The van der Waals surface area contributed by atoms with Crippen molar-refractivity contribution in [2.75, 3.05) is 0 Å². The molecular formula is C20H30O5. The number of aliphatic carboxylic acids is 1. The van der Waals surface area contributed by atoms with Crippen molar-refractivity contribution in [3.05, 3.63) is 60.8 Å². The van der Waals surface area contributed by atoms with Crippen LogP contribution in [-0.2, 0) is 4.79 Å². The maximum Gasteiger partial charge on any atom is 0.303 e. The Morgan fingerprint density at radius 3 is 2.00 bits per heavy atom. The predicted octanol–water partition coefficient (Wildman–Crippen LogP) is 2.91. The molecule has 0 aliphatic heterocycles. The van der Waals surface area contributed by atoms with Crippen molar-refractivity contribution in [3.63, 3.8) is 0 Å². The van der Waals surface area contributed by atoms with E-state index in [1.54, 1.807) is 54.7 Å². The standard InChI is InChI=1S/C20H30O5/c1-2-17(21)11-8-5-9-14-18(22)12-6-3-4-7-13-19(23)15-10-16-20(24)25/h3-9,11-13,17-19,21-23H,2,10,14-16H2,1H3,(H,24,25)/b4-3+,9-5-,11-8+,12-6-,13-7+/t17-,18+,19-/m1/s1. The second-order valence-corrected chi connectivity index (χ2v) is 5.60. The number of allylic oxidation sites excluding steroid dienone is 6. The van der Waals surface area contributed by atoms with E-state index in [-0.39, 0.29) is 6.42 Å². The van der Waals surface area contributed by atoms with E-state index in [1.807, 2.05) is 13.0 Å². The quantitative estimate of drug-likeness (QED) is 0.383. The highest BCUT2D eigenvalue weighted by atomic mass is 16.4. The largest absolute Gasteiger partial charge is 0.481 e. The topological polar surface area (TPSA) is 98.0 Å². The Kier molecular flexibility index (Phi) is 14.4. The number of hydrogen-bond acceptors (Lipinski definition) is 4. The number of hydrogen-bond donors (Lipinski definition) is 4. The van der Waals surface area contributed by atoms with Gasteiger partial charge in [0.1, 0.15) is 0 Å². The molecule has 140 valence electrons. The van der Waals surface area contributed by atoms with Crippen LogP contribution in [0.3, 0.4) is 0 Å². The van der Waals surface area contributed by atoms with Crippen LogP contribution in [0.2, 0.25) is 0 Å². The summed E-state index contributed by atoms with van der Waals surface area (Å²) in [6.07, 6.45) is 17.6. The van der Waals surface area contributed by atoms with Gasteiger partial charge in [0.05, 0.1) is 18.3 Å². The molecule has 0 saturated carbocycles. The zero-order valence-corrected chi connectivity index (χ0v) is 14.7. The second-order valence-electron chi connectivity index (χ2n) is 5.60. The van der Waals surface area contributed by atoms with E-state index in [4.69, 9.17) is 5.11 Å². The first-order valence-electron chi connectivity index (χ1n) is 8.56. The molecule has 0 aromatic rings. The summed E-state index contributed by atoms with van der Waals surface area (Å²) < 4.78 is 0. The summed E-state index contributed by atoms with van der Waals surface area (Å²) in [4.78, 5) is 10.3. The molecule has 0 heterocycles. The van der Waals surface area contributed by atoms with Gasteiger partial charge in [0, 0.05) is 6.42 Å². The molecule has 0 saturated heterocycles. The predicted molar refractivity (Wildman–Crippen MR) is 100 cm³/mol. The molecule has 5 heteroatoms. The van der Waals surface area contributed by atoms with Crippen molar-refractivity contribution >= 4 is 5.97 Å². The van der Waals surface area contributed by atoms with Gasteiger partial charge in [0.25, 0.3) is 0 Å². The molecule has 0 spiro atoms. The van der Waals surface area contributed by atoms with E-state index in [2.05, 4.69) is 0 Å². The van der Waals surface area contributed by atoms with Gasteiger partial charge in [-0.1, -0.05) is 67.7 Å². The Balaban J connectivity index is 3.95. The summed E-state index contributed by atoms with van der Waals surface area (Å²) in [6.45, 7) is 1.90. The molecule has 0 rings (SSSR count). The molecule has 0 aromatic heterocycles. The van der Waals surface area contributed by atoms with Gasteiger partial charge in [-0.15, -0.1) is 0 Å². The third-order valence-corrected chi connectivity index (χ3v) is 3.27. The van der Waals surface area contributed by atoms with E-state index in [0.29, 0.717) is 25.7 Å². The Morgan fingerprint density at radius 1 is 0.840 bits per heavy atom. The molecule has 0 radical (unpaired) electrons. The maximum absolute atomic E-state index is 10.3. The van der Waals surface area contributed by atoms with Gasteiger partial charge in [0.15, 0.2) is 0 Å². The van der Waals surface area contributed by atoms with Gasteiger partial charge in [-0.25, -0.2) is 0 Å². The lowest BCUT2D eigenvalue weighted by Crippen LogP contribution is -2.03. The molecule has 25 heavy (non-hydrogen) atoms. The summed E-state index contributed by atoms with van der Waals surface area (Å²) >= 11 is 0. The van der Waals surface area contributed by atoms with Crippen molar-refractivity contribution < 1.29 is 25.2 Å². The average molecular weight is 350 g/mol. The Hall–Kier alpha value is -1.95. The summed E-state index contributed by atoms with van der Waals surface area (Å²) in [5, 5.41) is 37.2. The Morgan fingerprint density at radius 2 is 1.40 bits per heavy atom. The lowest BCUT2D eigenvalue weighted by atomic mass is 10.1. The van der Waals surface area contributed by atoms with Gasteiger partial charge in [-0.3, -0.25) is 4.79 Å². The van der Waals surface area contributed by atoms with Gasteiger partial charge in [0.2, 0.25) is 0 Å². The molecule has 3 atom stereocenters. The minimum atomic E-state index is -0.857. The van der Waals surface area contributed by atoms with Crippen LogP contribution >= 0.6 is 0 Å². The Bertz CT molecular complexity index is 488. The first-order valence-corrected chi connectivity index (χ1v) is 8.56. The fourth-order valence-electron chi connectivity index (χ4n) is 1.78. The minimum absolute atomic E-state index is 0.0603. The fourth-order valence-corrected chi connectivity index (χ4v) is 1.78. The zero-order chi connectivity index (χ0) is 18.9. The van der Waals surface area contributed by atoms with Crippen LogP contribution in [0.1, 0.15) is 39.0 Å². The van der Waals surface area contributed by atoms with E-state index in [0.717, 1.165) is 0 Å². The summed E-state index contributed by atoms with van der Waals surface area (Å²) in [6, 6.07) is 0. The van der Waals surface area contributed by atoms with Crippen LogP contribution in [0.15, 0.2) is 60.8 Å². The number of aliphatic hydroxyl groups is 3. The summed E-state index contributed by atoms with van der Waals surface area (Å²) in [5.41, 5.74) is 0. The van der Waals surface area contributed by atoms with Gasteiger partial charge >= 0.3 is 5.97 Å². The number of carboxylic acids is 1. The number of carbonyl (C=O) groups is 1. The monoisotopic (exact) mass is 350 g/mol. The van der Waals surface area contributed by atoms with Crippen LogP contribution in [0.4, 0.5) is 0 Å². The summed E-state index contributed by atoms with van der Waals surface area (Å²) in [7, 11) is 0. The highest BCUT2D eigenvalue weighted by molar-refractivity contribution is 5.66. The third kappa shape index (κ3) is 16.7. The number of rotatable bonds is 13. The van der Waals surface area contributed by atoms with E-state index in [9.17, 15) is 20.1 Å². The molecule has 0 amide bonds. The number of carboxylic acid groups (broad SMARTS) is 1. The van der Waals surface area contributed by atoms with Crippen molar-refractivity contribution in [2.45, 2.75) is 57.3 Å². The van der Waals surface area contributed by atoms with E-state index in [1.165, 1.54) is 0 Å². The van der Waals surface area contributed by atoms with Gasteiger partial charge in [-0.2, -0.15) is 0 Å². The first-order chi connectivity index (χ1) is 12.0. The molecule has 0 aromatic carbocycles. The molecule has 0 bridgehead atoms. The molecule has 0 aliphatic rings. The molecular weight excluding hydrogens is 320 g/mol. The zero-order valence-electron chi connectivity index (χ0n) is 14.7. The van der Waals surface area contributed by atoms with Crippen molar-refractivity contribution in [1.29, 1.82) is 0 Å². The lowest BCUT2D eigenvalue weighted by Gasteiger charge is -2.02. The molecule has 0 aliphatic carbocycles.